The monoisotopic (exact) mass is 558 g/mol. The lowest BCUT2D eigenvalue weighted by Gasteiger charge is -2.16. The fourth-order valence-corrected chi connectivity index (χ4v) is 4.78. The second-order valence-electron chi connectivity index (χ2n) is 9.41. The molecule has 206 valence electrons. The second-order valence-corrected chi connectivity index (χ2v) is 10.5. The Labute approximate surface area is 237 Å². The van der Waals surface area contributed by atoms with Crippen LogP contribution in [0, 0.1) is 6.92 Å². The maximum Gasteiger partial charge on any atom is 0.338 e. The van der Waals surface area contributed by atoms with E-state index in [1.54, 1.807) is 38.1 Å². The van der Waals surface area contributed by atoms with E-state index in [4.69, 9.17) is 9.47 Å². The molecule has 1 N–H and O–H groups in total. The quantitative estimate of drug-likeness (QED) is 0.235. The van der Waals surface area contributed by atoms with E-state index >= 15 is 0 Å². The summed E-state index contributed by atoms with van der Waals surface area (Å²) in [7, 11) is 0. The van der Waals surface area contributed by atoms with Gasteiger partial charge in [-0.1, -0.05) is 42.4 Å². The molecule has 0 bridgehead atoms. The highest BCUT2D eigenvalue weighted by Gasteiger charge is 2.40. The molecule has 1 heterocycles. The molecule has 0 aliphatic carbocycles. The van der Waals surface area contributed by atoms with Crippen LogP contribution in [0.15, 0.2) is 88.3 Å². The number of nitrogens with zero attached hydrogens (tertiary/aromatic N) is 1. The second kappa shape index (κ2) is 12.7. The third-order valence-electron chi connectivity index (χ3n) is 5.79. The molecule has 8 nitrogen and oxygen atoms in total. The van der Waals surface area contributed by atoms with Crippen molar-refractivity contribution in [3.63, 3.8) is 0 Å². The van der Waals surface area contributed by atoms with Crippen LogP contribution < -0.4 is 10.2 Å². The molecule has 1 aliphatic rings. The van der Waals surface area contributed by atoms with Crippen LogP contribution in [0.1, 0.15) is 53.5 Å². The van der Waals surface area contributed by atoms with Crippen molar-refractivity contribution < 1.29 is 28.7 Å². The van der Waals surface area contributed by atoms with Crippen LogP contribution in [-0.2, 0) is 19.1 Å². The van der Waals surface area contributed by atoms with Gasteiger partial charge < -0.3 is 14.8 Å². The van der Waals surface area contributed by atoms with Crippen LogP contribution in [0.5, 0.6) is 0 Å². The summed E-state index contributed by atoms with van der Waals surface area (Å²) in [6, 6.07) is 20.3. The van der Waals surface area contributed by atoms with Gasteiger partial charge in [0.1, 0.15) is 10.6 Å². The number of thioether (sulfide) groups is 1. The molecule has 2 amide bonds. The molecule has 0 fully saturated rings. The Bertz CT molecular complexity index is 1460. The van der Waals surface area contributed by atoms with Gasteiger partial charge in [-0.05, 0) is 81.8 Å². The summed E-state index contributed by atoms with van der Waals surface area (Å²) in [6.07, 6.45) is 0.419. The molecule has 0 radical (unpaired) electrons. The Balaban J connectivity index is 1.66. The normalized spacial score (nSPS) is 13.2. The van der Waals surface area contributed by atoms with E-state index in [1.807, 2.05) is 38.1 Å². The van der Waals surface area contributed by atoms with Crippen molar-refractivity contribution in [3.05, 3.63) is 100 Å². The number of carbonyl (C=O) groups excluding carboxylic acids is 4. The molecule has 0 atom stereocenters. The molecular weight excluding hydrogens is 528 g/mol. The zero-order valence-electron chi connectivity index (χ0n) is 22.7. The van der Waals surface area contributed by atoms with Crippen molar-refractivity contribution in [2.45, 2.75) is 45.1 Å². The standard InChI is InChI=1S/C31H30N2O6S/c1-5-17-38-30(36)22-7-6-8-23(18-22)32-26-27(40-25-15-9-20(4)10-16-25)29(35)33(28(26)34)24-13-11-21(12-14-24)31(37)39-19(2)3/h6-16,18-19,32H,5,17H2,1-4H3. The Hall–Kier alpha value is -4.37. The van der Waals surface area contributed by atoms with E-state index in [1.165, 1.54) is 36.0 Å². The number of ether oxygens (including phenoxy) is 2. The Morgan fingerprint density at radius 3 is 2.25 bits per heavy atom. The minimum Gasteiger partial charge on any atom is -0.462 e. The van der Waals surface area contributed by atoms with E-state index in [0.29, 0.717) is 35.5 Å². The zero-order valence-corrected chi connectivity index (χ0v) is 23.5. The molecule has 3 aromatic carbocycles. The molecule has 40 heavy (non-hydrogen) atoms. The number of rotatable bonds is 10. The zero-order chi connectivity index (χ0) is 28.8. The third kappa shape index (κ3) is 6.60. The molecule has 4 rings (SSSR count). The molecule has 9 heteroatoms. The van der Waals surface area contributed by atoms with Crippen LogP contribution in [-0.4, -0.2) is 36.5 Å². The van der Waals surface area contributed by atoms with Gasteiger partial charge in [0.15, 0.2) is 0 Å². The first kappa shape index (κ1) is 28.6. The highest BCUT2D eigenvalue weighted by atomic mass is 32.2. The van der Waals surface area contributed by atoms with E-state index in [-0.39, 0.29) is 16.7 Å². The average Bonchev–Trinajstić information content (AvgIpc) is 3.16. The number of amides is 2. The van der Waals surface area contributed by atoms with Crippen LogP contribution >= 0.6 is 11.8 Å². The molecular formula is C31H30N2O6S. The summed E-state index contributed by atoms with van der Waals surface area (Å²) in [5.74, 6) is -2.03. The number of anilines is 2. The van der Waals surface area contributed by atoms with Crippen LogP contribution in [0.4, 0.5) is 11.4 Å². The van der Waals surface area contributed by atoms with Crippen LogP contribution in [0.25, 0.3) is 0 Å². The van der Waals surface area contributed by atoms with Gasteiger partial charge in [0.05, 0.1) is 29.5 Å². The summed E-state index contributed by atoms with van der Waals surface area (Å²) in [5.41, 5.74) is 2.55. The van der Waals surface area contributed by atoms with E-state index < -0.39 is 23.8 Å². The smallest absolute Gasteiger partial charge is 0.338 e. The fraction of sp³-hybridized carbons (Fsp3) is 0.226. The maximum absolute atomic E-state index is 13.7. The first-order valence-electron chi connectivity index (χ1n) is 12.9. The number of imide groups is 1. The van der Waals surface area contributed by atoms with Gasteiger partial charge in [-0.2, -0.15) is 0 Å². The largest absolute Gasteiger partial charge is 0.462 e. The molecule has 0 saturated carbocycles. The van der Waals surface area contributed by atoms with Crippen LogP contribution in [0.2, 0.25) is 0 Å². The molecule has 0 saturated heterocycles. The summed E-state index contributed by atoms with van der Waals surface area (Å²) < 4.78 is 10.5. The first-order chi connectivity index (χ1) is 19.2. The number of esters is 2. The number of nitrogens with one attached hydrogen (secondary N) is 1. The van der Waals surface area contributed by atoms with Gasteiger partial charge >= 0.3 is 11.9 Å². The average molecular weight is 559 g/mol. The fourth-order valence-electron chi connectivity index (χ4n) is 3.85. The molecule has 0 spiro atoms. The summed E-state index contributed by atoms with van der Waals surface area (Å²) in [4.78, 5) is 54.1. The Morgan fingerprint density at radius 1 is 0.900 bits per heavy atom. The summed E-state index contributed by atoms with van der Waals surface area (Å²) in [6.45, 7) is 7.68. The Morgan fingerprint density at radius 2 is 1.60 bits per heavy atom. The van der Waals surface area contributed by atoms with E-state index in [9.17, 15) is 19.2 Å². The van der Waals surface area contributed by atoms with Crippen molar-refractivity contribution in [3.8, 4) is 0 Å². The van der Waals surface area contributed by atoms with Gasteiger partial charge in [0.25, 0.3) is 11.8 Å². The van der Waals surface area contributed by atoms with Crippen molar-refractivity contribution in [2.75, 3.05) is 16.8 Å². The number of hydrogen-bond donors (Lipinski definition) is 1. The number of aryl methyl sites for hydroxylation is 1. The van der Waals surface area contributed by atoms with E-state index in [2.05, 4.69) is 5.32 Å². The molecule has 0 aromatic heterocycles. The first-order valence-corrected chi connectivity index (χ1v) is 13.7. The number of hydrogen-bond acceptors (Lipinski definition) is 8. The minimum atomic E-state index is -0.559. The summed E-state index contributed by atoms with van der Waals surface area (Å²) >= 11 is 1.17. The van der Waals surface area contributed by atoms with Crippen molar-refractivity contribution >= 4 is 46.9 Å². The molecule has 1 aliphatic heterocycles. The van der Waals surface area contributed by atoms with Crippen LogP contribution in [0.3, 0.4) is 0 Å². The lowest BCUT2D eigenvalue weighted by Crippen LogP contribution is -2.32. The van der Waals surface area contributed by atoms with Crippen molar-refractivity contribution in [1.82, 2.24) is 0 Å². The highest BCUT2D eigenvalue weighted by Crippen LogP contribution is 2.38. The highest BCUT2D eigenvalue weighted by molar-refractivity contribution is 8.04. The minimum absolute atomic E-state index is 0.0814. The van der Waals surface area contributed by atoms with Crippen molar-refractivity contribution in [2.24, 2.45) is 0 Å². The predicted octanol–water partition coefficient (Wildman–Crippen LogP) is 6.12. The maximum atomic E-state index is 13.7. The molecule has 0 unspecified atom stereocenters. The van der Waals surface area contributed by atoms with Gasteiger partial charge in [-0.25, -0.2) is 14.5 Å². The van der Waals surface area contributed by atoms with Gasteiger partial charge in [0, 0.05) is 10.6 Å². The third-order valence-corrected chi connectivity index (χ3v) is 6.88. The SMILES string of the molecule is CCCOC(=O)c1cccc(NC2=C(Sc3ccc(C)cc3)C(=O)N(c3ccc(C(=O)OC(C)C)cc3)C2=O)c1. The molecule has 3 aromatic rings. The van der Waals surface area contributed by atoms with Gasteiger partial charge in [-0.15, -0.1) is 0 Å². The lowest BCUT2D eigenvalue weighted by atomic mass is 10.2. The number of carbonyl (C=O) groups is 4. The predicted molar refractivity (Wildman–Crippen MR) is 154 cm³/mol. The topological polar surface area (TPSA) is 102 Å². The Kier molecular flexibility index (Phi) is 9.06. The van der Waals surface area contributed by atoms with Gasteiger partial charge in [-0.3, -0.25) is 9.59 Å². The lowest BCUT2D eigenvalue weighted by molar-refractivity contribution is -0.120. The summed E-state index contributed by atoms with van der Waals surface area (Å²) in [5, 5.41) is 3.07. The number of benzene rings is 3. The van der Waals surface area contributed by atoms with E-state index in [0.717, 1.165) is 15.4 Å². The van der Waals surface area contributed by atoms with Gasteiger partial charge in [0.2, 0.25) is 0 Å². The van der Waals surface area contributed by atoms with Crippen molar-refractivity contribution in [1.29, 1.82) is 0 Å².